The molecule has 1 aromatic heterocycles. The smallest absolute Gasteiger partial charge is 0.251 e. The maximum Gasteiger partial charge on any atom is 0.251 e. The fraction of sp³-hybridized carbons (Fsp3) is 0.286. The molecule has 4 heteroatoms. The molecule has 2 rings (SSSR count). The van der Waals surface area contributed by atoms with E-state index in [1.54, 1.807) is 17.5 Å². The first-order chi connectivity index (χ1) is 8.81. The molecule has 0 spiro atoms. The maximum atomic E-state index is 11.9. The number of benzene rings is 1. The van der Waals surface area contributed by atoms with Gasteiger partial charge in [0, 0.05) is 29.2 Å². The minimum atomic E-state index is -0.0122. The summed E-state index contributed by atoms with van der Waals surface area (Å²) in [6.45, 7) is 2.84. The Morgan fingerprint density at radius 2 is 2.33 bits per heavy atom. The summed E-state index contributed by atoms with van der Waals surface area (Å²) in [7, 11) is 0. The van der Waals surface area contributed by atoms with E-state index in [9.17, 15) is 4.79 Å². The van der Waals surface area contributed by atoms with Gasteiger partial charge in [0.25, 0.3) is 5.91 Å². The average Bonchev–Trinajstić information content (AvgIpc) is 2.93. The molecule has 0 unspecified atom stereocenters. The molecular formula is C14H16N2OS. The summed E-state index contributed by atoms with van der Waals surface area (Å²) >= 11 is 1.58. The average molecular weight is 260 g/mol. The lowest BCUT2D eigenvalue weighted by molar-refractivity contribution is 0.0953. The number of carbonyl (C=O) groups is 1. The first kappa shape index (κ1) is 12.8. The van der Waals surface area contributed by atoms with E-state index in [0.717, 1.165) is 30.0 Å². The van der Waals surface area contributed by atoms with Crippen LogP contribution in [0.2, 0.25) is 0 Å². The van der Waals surface area contributed by atoms with Crippen molar-refractivity contribution in [2.45, 2.75) is 19.8 Å². The quantitative estimate of drug-likeness (QED) is 0.838. The summed E-state index contributed by atoms with van der Waals surface area (Å²) in [6.07, 6.45) is 3.87. The number of unbranched alkanes of at least 4 members (excludes halogenated alkanes) is 1. The Morgan fingerprint density at radius 1 is 1.44 bits per heavy atom. The van der Waals surface area contributed by atoms with Crippen LogP contribution in [0.4, 0.5) is 0 Å². The summed E-state index contributed by atoms with van der Waals surface area (Å²) in [5.74, 6) is -0.0122. The van der Waals surface area contributed by atoms with Crippen molar-refractivity contribution in [1.82, 2.24) is 10.3 Å². The van der Waals surface area contributed by atoms with E-state index in [0.29, 0.717) is 5.56 Å². The zero-order chi connectivity index (χ0) is 12.8. The molecule has 0 bridgehead atoms. The van der Waals surface area contributed by atoms with Gasteiger partial charge in [0.15, 0.2) is 0 Å². The fourth-order valence-electron chi connectivity index (χ4n) is 1.64. The van der Waals surface area contributed by atoms with Gasteiger partial charge in [-0.15, -0.1) is 11.3 Å². The van der Waals surface area contributed by atoms with Gasteiger partial charge in [-0.3, -0.25) is 4.79 Å². The van der Waals surface area contributed by atoms with Crippen molar-refractivity contribution in [3.05, 3.63) is 41.4 Å². The van der Waals surface area contributed by atoms with E-state index in [-0.39, 0.29) is 5.91 Å². The molecule has 0 atom stereocenters. The molecule has 0 aliphatic rings. The number of nitrogens with zero attached hydrogens (tertiary/aromatic N) is 1. The molecule has 1 N–H and O–H groups in total. The van der Waals surface area contributed by atoms with Crippen LogP contribution in [-0.2, 0) is 0 Å². The largest absolute Gasteiger partial charge is 0.352 e. The third-order valence-electron chi connectivity index (χ3n) is 2.62. The zero-order valence-corrected chi connectivity index (χ0v) is 11.2. The van der Waals surface area contributed by atoms with Crippen LogP contribution in [0.1, 0.15) is 30.1 Å². The van der Waals surface area contributed by atoms with Gasteiger partial charge in [0.05, 0.1) is 0 Å². The highest BCUT2D eigenvalue weighted by Gasteiger charge is 2.07. The topological polar surface area (TPSA) is 42.0 Å². The molecule has 0 saturated carbocycles. The molecule has 18 heavy (non-hydrogen) atoms. The van der Waals surface area contributed by atoms with Gasteiger partial charge < -0.3 is 5.32 Å². The van der Waals surface area contributed by atoms with Gasteiger partial charge >= 0.3 is 0 Å². The number of amides is 1. The monoisotopic (exact) mass is 260 g/mol. The molecule has 1 aromatic carbocycles. The van der Waals surface area contributed by atoms with Crippen LogP contribution in [0.3, 0.4) is 0 Å². The summed E-state index contributed by atoms with van der Waals surface area (Å²) in [6, 6.07) is 7.59. The fourth-order valence-corrected chi connectivity index (χ4v) is 2.28. The van der Waals surface area contributed by atoms with Crippen molar-refractivity contribution in [2.24, 2.45) is 0 Å². The number of hydrogen-bond donors (Lipinski definition) is 1. The van der Waals surface area contributed by atoms with Crippen molar-refractivity contribution in [2.75, 3.05) is 6.54 Å². The normalized spacial score (nSPS) is 10.3. The number of carbonyl (C=O) groups excluding carboxylic acids is 1. The Kier molecular flexibility index (Phi) is 4.47. The van der Waals surface area contributed by atoms with Gasteiger partial charge in [0.1, 0.15) is 5.01 Å². The van der Waals surface area contributed by atoms with Crippen molar-refractivity contribution in [3.8, 4) is 10.6 Å². The Balaban J connectivity index is 2.10. The molecule has 0 fully saturated rings. The van der Waals surface area contributed by atoms with Crippen molar-refractivity contribution < 1.29 is 4.79 Å². The van der Waals surface area contributed by atoms with Gasteiger partial charge in [-0.1, -0.05) is 25.5 Å². The summed E-state index contributed by atoms with van der Waals surface area (Å²) in [5, 5.41) is 5.79. The molecule has 0 radical (unpaired) electrons. The van der Waals surface area contributed by atoms with Crippen molar-refractivity contribution in [1.29, 1.82) is 0 Å². The second kappa shape index (κ2) is 6.31. The number of hydrogen-bond acceptors (Lipinski definition) is 3. The van der Waals surface area contributed by atoms with Crippen LogP contribution in [0.5, 0.6) is 0 Å². The molecule has 0 aliphatic heterocycles. The lowest BCUT2D eigenvalue weighted by Gasteiger charge is -2.05. The first-order valence-electron chi connectivity index (χ1n) is 6.09. The highest BCUT2D eigenvalue weighted by atomic mass is 32.1. The number of aromatic nitrogens is 1. The predicted molar refractivity (Wildman–Crippen MR) is 74.8 cm³/mol. The van der Waals surface area contributed by atoms with Gasteiger partial charge in [0.2, 0.25) is 0 Å². The Labute approximate surface area is 111 Å². The van der Waals surface area contributed by atoms with Crippen molar-refractivity contribution in [3.63, 3.8) is 0 Å². The Bertz CT molecular complexity index is 508. The second-order valence-electron chi connectivity index (χ2n) is 4.03. The summed E-state index contributed by atoms with van der Waals surface area (Å²) in [4.78, 5) is 16.2. The van der Waals surface area contributed by atoms with E-state index in [2.05, 4.69) is 17.2 Å². The molecule has 1 amide bonds. The highest BCUT2D eigenvalue weighted by Crippen LogP contribution is 2.22. The van der Waals surface area contributed by atoms with Crippen molar-refractivity contribution >= 4 is 17.2 Å². The van der Waals surface area contributed by atoms with Crippen LogP contribution in [0.15, 0.2) is 35.8 Å². The molecule has 2 aromatic rings. The predicted octanol–water partition coefficient (Wildman–Crippen LogP) is 3.34. The molecule has 0 aliphatic carbocycles. The standard InChI is InChI=1S/C14H16N2OS/c1-2-3-7-15-13(17)11-5-4-6-12(10-11)14-16-8-9-18-14/h4-6,8-10H,2-3,7H2,1H3,(H,15,17). The van der Waals surface area contributed by atoms with Gasteiger partial charge in [-0.2, -0.15) is 0 Å². The molecule has 1 heterocycles. The summed E-state index contributed by atoms with van der Waals surface area (Å²) in [5.41, 5.74) is 1.69. The molecule has 94 valence electrons. The summed E-state index contributed by atoms with van der Waals surface area (Å²) < 4.78 is 0. The van der Waals surface area contributed by atoms with Gasteiger partial charge in [-0.05, 0) is 18.6 Å². The lowest BCUT2D eigenvalue weighted by atomic mass is 10.1. The van der Waals surface area contributed by atoms with E-state index in [4.69, 9.17) is 0 Å². The minimum absolute atomic E-state index is 0.0122. The minimum Gasteiger partial charge on any atom is -0.352 e. The van der Waals surface area contributed by atoms with E-state index < -0.39 is 0 Å². The number of nitrogens with one attached hydrogen (secondary N) is 1. The molecule has 3 nitrogen and oxygen atoms in total. The third-order valence-corrected chi connectivity index (χ3v) is 3.44. The first-order valence-corrected chi connectivity index (χ1v) is 6.97. The Morgan fingerprint density at radius 3 is 3.06 bits per heavy atom. The maximum absolute atomic E-state index is 11.9. The lowest BCUT2D eigenvalue weighted by Crippen LogP contribution is -2.24. The number of rotatable bonds is 5. The van der Waals surface area contributed by atoms with Crippen LogP contribution < -0.4 is 5.32 Å². The zero-order valence-electron chi connectivity index (χ0n) is 10.3. The Hall–Kier alpha value is -1.68. The van der Waals surface area contributed by atoms with Crippen LogP contribution in [-0.4, -0.2) is 17.4 Å². The van der Waals surface area contributed by atoms with E-state index >= 15 is 0 Å². The SMILES string of the molecule is CCCCNC(=O)c1cccc(-c2nccs2)c1. The third kappa shape index (κ3) is 3.17. The van der Waals surface area contributed by atoms with E-state index in [1.165, 1.54) is 0 Å². The van der Waals surface area contributed by atoms with Crippen LogP contribution in [0.25, 0.3) is 10.6 Å². The van der Waals surface area contributed by atoms with Crippen LogP contribution >= 0.6 is 11.3 Å². The van der Waals surface area contributed by atoms with E-state index in [1.807, 2.05) is 29.6 Å². The second-order valence-corrected chi connectivity index (χ2v) is 4.92. The highest BCUT2D eigenvalue weighted by molar-refractivity contribution is 7.13. The molecule has 0 saturated heterocycles. The van der Waals surface area contributed by atoms with Gasteiger partial charge in [-0.25, -0.2) is 4.98 Å². The molecular weight excluding hydrogens is 244 g/mol. The van der Waals surface area contributed by atoms with Crippen LogP contribution in [0, 0.1) is 0 Å². The number of thiazole rings is 1.